The van der Waals surface area contributed by atoms with Crippen LogP contribution in [-0.4, -0.2) is 51.4 Å². The van der Waals surface area contributed by atoms with Crippen molar-refractivity contribution in [2.75, 3.05) is 26.3 Å². The van der Waals surface area contributed by atoms with Crippen LogP contribution in [0.3, 0.4) is 0 Å². The molecule has 8 heteroatoms. The third kappa shape index (κ3) is 3.87. The number of morpholine rings is 1. The molecule has 1 aliphatic rings. The Morgan fingerprint density at radius 2 is 1.90 bits per heavy atom. The monoisotopic (exact) mass is 417 g/mol. The Hall–Kier alpha value is -3.36. The molecule has 1 atom stereocenters. The lowest BCUT2D eigenvalue weighted by atomic mass is 10.0. The molecule has 158 valence electrons. The highest BCUT2D eigenvalue weighted by Crippen LogP contribution is 2.28. The second-order valence-corrected chi connectivity index (χ2v) is 7.75. The van der Waals surface area contributed by atoms with Crippen LogP contribution in [0.25, 0.3) is 11.0 Å². The summed E-state index contributed by atoms with van der Waals surface area (Å²) in [6, 6.07) is 15.2. The van der Waals surface area contributed by atoms with Crippen LogP contribution in [0.2, 0.25) is 0 Å². The minimum Gasteiger partial charge on any atom is -0.464 e. The van der Waals surface area contributed by atoms with Gasteiger partial charge in [-0.1, -0.05) is 42.0 Å². The Kier molecular flexibility index (Phi) is 5.31. The molecule has 0 saturated carbocycles. The summed E-state index contributed by atoms with van der Waals surface area (Å²) in [6.07, 6.45) is 1.56. The van der Waals surface area contributed by atoms with E-state index >= 15 is 0 Å². The van der Waals surface area contributed by atoms with Crippen molar-refractivity contribution in [3.05, 3.63) is 87.5 Å². The fourth-order valence-electron chi connectivity index (χ4n) is 4.06. The van der Waals surface area contributed by atoms with E-state index in [-0.39, 0.29) is 5.43 Å². The Morgan fingerprint density at radius 3 is 2.71 bits per heavy atom. The molecule has 2 aromatic heterocycles. The van der Waals surface area contributed by atoms with Gasteiger partial charge in [-0.05, 0) is 35.0 Å². The minimum atomic E-state index is -0.427. The normalized spacial score (nSPS) is 15.9. The first kappa shape index (κ1) is 19.6. The molecule has 4 aromatic rings. The smallest absolute Gasteiger partial charge is 0.197 e. The number of fused-ring (bicyclic) bond motifs is 1. The molecule has 0 unspecified atom stereocenters. The molecule has 3 heterocycles. The van der Waals surface area contributed by atoms with Crippen LogP contribution in [0, 0.1) is 6.92 Å². The van der Waals surface area contributed by atoms with Gasteiger partial charge in [0.1, 0.15) is 17.9 Å². The first-order chi connectivity index (χ1) is 15.2. The number of rotatable bonds is 5. The van der Waals surface area contributed by atoms with Gasteiger partial charge in [0.15, 0.2) is 11.3 Å². The number of aryl methyl sites for hydroxylation is 1. The summed E-state index contributed by atoms with van der Waals surface area (Å²) in [5, 5.41) is 13.1. The number of hydrogen-bond donors (Lipinski definition) is 0. The van der Waals surface area contributed by atoms with E-state index in [9.17, 15) is 4.79 Å². The van der Waals surface area contributed by atoms with Crippen LogP contribution >= 0.6 is 0 Å². The van der Waals surface area contributed by atoms with Gasteiger partial charge in [-0.2, -0.15) is 0 Å². The van der Waals surface area contributed by atoms with Crippen molar-refractivity contribution < 1.29 is 9.15 Å². The molecule has 2 aromatic carbocycles. The summed E-state index contributed by atoms with van der Waals surface area (Å²) in [4.78, 5) is 15.7. The Labute approximate surface area is 179 Å². The van der Waals surface area contributed by atoms with Gasteiger partial charge < -0.3 is 9.15 Å². The number of benzene rings is 2. The van der Waals surface area contributed by atoms with E-state index in [1.54, 1.807) is 10.9 Å². The van der Waals surface area contributed by atoms with E-state index in [2.05, 4.69) is 20.4 Å². The molecule has 0 spiro atoms. The van der Waals surface area contributed by atoms with Gasteiger partial charge in [0, 0.05) is 13.1 Å². The maximum Gasteiger partial charge on any atom is 0.197 e. The molecule has 8 nitrogen and oxygen atoms in total. The number of tetrazole rings is 1. The summed E-state index contributed by atoms with van der Waals surface area (Å²) >= 11 is 0. The largest absolute Gasteiger partial charge is 0.464 e. The van der Waals surface area contributed by atoms with Crippen molar-refractivity contribution in [3.8, 4) is 0 Å². The van der Waals surface area contributed by atoms with Crippen LogP contribution in [0.1, 0.15) is 28.6 Å². The quantitative estimate of drug-likeness (QED) is 0.493. The topological polar surface area (TPSA) is 86.3 Å². The summed E-state index contributed by atoms with van der Waals surface area (Å²) in [6.45, 7) is 5.01. The number of aromatic nitrogens is 4. The third-order valence-corrected chi connectivity index (χ3v) is 5.64. The standard InChI is InChI=1S/C23H23N5O3/c1-16-7-8-20-18(13-16)22(29)19(15-31-20)21(27-9-11-30-12-10-27)23-24-25-26-28(23)14-17-5-3-2-4-6-17/h2-8,13,15,21H,9-12,14H2,1H3/t21-/m1/s1. The Bertz CT molecular complexity index is 1250. The average Bonchev–Trinajstić information content (AvgIpc) is 3.25. The summed E-state index contributed by atoms with van der Waals surface area (Å²) in [5.74, 6) is 0.616. The molecule has 0 N–H and O–H groups in total. The lowest BCUT2D eigenvalue weighted by Crippen LogP contribution is -2.42. The Balaban J connectivity index is 1.63. The fraction of sp³-hybridized carbons (Fsp3) is 0.304. The van der Waals surface area contributed by atoms with Crippen molar-refractivity contribution in [1.82, 2.24) is 25.1 Å². The van der Waals surface area contributed by atoms with Crippen LogP contribution in [-0.2, 0) is 11.3 Å². The van der Waals surface area contributed by atoms with Crippen LogP contribution < -0.4 is 5.43 Å². The van der Waals surface area contributed by atoms with Gasteiger partial charge in [-0.15, -0.1) is 5.10 Å². The van der Waals surface area contributed by atoms with Crippen molar-refractivity contribution >= 4 is 11.0 Å². The highest BCUT2D eigenvalue weighted by molar-refractivity contribution is 5.77. The second kappa shape index (κ2) is 8.41. The van der Waals surface area contributed by atoms with E-state index in [1.807, 2.05) is 55.5 Å². The maximum absolute atomic E-state index is 13.5. The highest BCUT2D eigenvalue weighted by Gasteiger charge is 2.32. The van der Waals surface area contributed by atoms with Crippen LogP contribution in [0.4, 0.5) is 0 Å². The second-order valence-electron chi connectivity index (χ2n) is 7.75. The molecule has 0 aliphatic carbocycles. The first-order valence-corrected chi connectivity index (χ1v) is 10.3. The molecule has 0 radical (unpaired) electrons. The van der Waals surface area contributed by atoms with Gasteiger partial charge in [-0.25, -0.2) is 4.68 Å². The average molecular weight is 417 g/mol. The van der Waals surface area contributed by atoms with Crippen LogP contribution in [0.5, 0.6) is 0 Å². The van der Waals surface area contributed by atoms with Crippen molar-refractivity contribution in [3.63, 3.8) is 0 Å². The third-order valence-electron chi connectivity index (χ3n) is 5.64. The van der Waals surface area contributed by atoms with Gasteiger partial charge >= 0.3 is 0 Å². The van der Waals surface area contributed by atoms with Gasteiger partial charge in [0.2, 0.25) is 0 Å². The molecular formula is C23H23N5O3. The predicted molar refractivity (Wildman–Crippen MR) is 115 cm³/mol. The van der Waals surface area contributed by atoms with Crippen molar-refractivity contribution in [2.24, 2.45) is 0 Å². The fourth-order valence-corrected chi connectivity index (χ4v) is 4.06. The van der Waals surface area contributed by atoms with E-state index < -0.39 is 6.04 Å². The zero-order chi connectivity index (χ0) is 21.2. The predicted octanol–water partition coefficient (Wildman–Crippen LogP) is 2.56. The maximum atomic E-state index is 13.5. The van der Waals surface area contributed by atoms with Crippen molar-refractivity contribution in [1.29, 1.82) is 0 Å². The number of nitrogens with zero attached hydrogens (tertiary/aromatic N) is 5. The molecule has 1 aliphatic heterocycles. The van der Waals surface area contributed by atoms with E-state index in [1.165, 1.54) is 0 Å². The number of ether oxygens (including phenoxy) is 1. The molecule has 31 heavy (non-hydrogen) atoms. The molecule has 1 fully saturated rings. The molecule has 5 rings (SSSR count). The zero-order valence-electron chi connectivity index (χ0n) is 17.3. The van der Waals surface area contributed by atoms with Gasteiger partial charge in [0.05, 0.1) is 30.7 Å². The molecule has 0 bridgehead atoms. The van der Waals surface area contributed by atoms with Crippen LogP contribution in [0.15, 0.2) is 64.0 Å². The minimum absolute atomic E-state index is 0.0595. The van der Waals surface area contributed by atoms with E-state index in [4.69, 9.17) is 9.15 Å². The van der Waals surface area contributed by atoms with E-state index in [0.29, 0.717) is 55.2 Å². The summed E-state index contributed by atoms with van der Waals surface area (Å²) < 4.78 is 13.2. The summed E-state index contributed by atoms with van der Waals surface area (Å²) in [5.41, 5.74) is 3.13. The Morgan fingerprint density at radius 1 is 1.10 bits per heavy atom. The van der Waals surface area contributed by atoms with Gasteiger partial charge in [-0.3, -0.25) is 9.69 Å². The lowest BCUT2D eigenvalue weighted by molar-refractivity contribution is 0.0212. The zero-order valence-corrected chi connectivity index (χ0v) is 17.3. The summed E-state index contributed by atoms with van der Waals surface area (Å²) in [7, 11) is 0. The van der Waals surface area contributed by atoms with Crippen molar-refractivity contribution in [2.45, 2.75) is 19.5 Å². The first-order valence-electron chi connectivity index (χ1n) is 10.3. The highest BCUT2D eigenvalue weighted by atomic mass is 16.5. The molecular weight excluding hydrogens is 394 g/mol. The van der Waals surface area contributed by atoms with Gasteiger partial charge in [0.25, 0.3) is 0 Å². The molecule has 1 saturated heterocycles. The number of hydrogen-bond acceptors (Lipinski definition) is 7. The SMILES string of the molecule is Cc1ccc2occ([C@H](c3nnnn3Cc3ccccc3)N3CCOCC3)c(=O)c2c1. The van der Waals surface area contributed by atoms with E-state index in [0.717, 1.165) is 11.1 Å². The molecule has 0 amide bonds. The lowest BCUT2D eigenvalue weighted by Gasteiger charge is -2.33.